The lowest BCUT2D eigenvalue weighted by atomic mass is 10.1. The van der Waals surface area contributed by atoms with Crippen molar-refractivity contribution in [1.29, 1.82) is 0 Å². The third-order valence-corrected chi connectivity index (χ3v) is 4.87. The highest BCUT2D eigenvalue weighted by Crippen LogP contribution is 2.46. The first-order valence-electron chi connectivity index (χ1n) is 7.04. The Bertz CT molecular complexity index is 745. The molecule has 2 aromatic rings. The quantitative estimate of drug-likeness (QED) is 0.785. The SMILES string of the molecule is Cc1cccc(N2C(=O)CS[C@H]2c2ccccc2C(F)(F)F)c1. The van der Waals surface area contributed by atoms with Crippen LogP contribution in [0.25, 0.3) is 0 Å². The molecule has 2 nitrogen and oxygen atoms in total. The van der Waals surface area contributed by atoms with Crippen LogP contribution in [0.15, 0.2) is 48.5 Å². The molecular weight excluding hydrogens is 323 g/mol. The molecule has 1 amide bonds. The molecule has 1 aliphatic rings. The van der Waals surface area contributed by atoms with E-state index in [0.717, 1.165) is 11.6 Å². The van der Waals surface area contributed by atoms with Crippen LogP contribution in [0.5, 0.6) is 0 Å². The van der Waals surface area contributed by atoms with E-state index in [9.17, 15) is 18.0 Å². The number of carbonyl (C=O) groups is 1. The van der Waals surface area contributed by atoms with Gasteiger partial charge in [0.25, 0.3) is 0 Å². The molecule has 0 bridgehead atoms. The summed E-state index contributed by atoms with van der Waals surface area (Å²) in [4.78, 5) is 13.7. The van der Waals surface area contributed by atoms with Gasteiger partial charge in [-0.15, -0.1) is 11.8 Å². The monoisotopic (exact) mass is 337 g/mol. The average molecular weight is 337 g/mol. The number of halogens is 3. The van der Waals surface area contributed by atoms with Crippen LogP contribution in [0.2, 0.25) is 0 Å². The zero-order valence-electron chi connectivity index (χ0n) is 12.3. The Hall–Kier alpha value is -1.95. The van der Waals surface area contributed by atoms with Crippen LogP contribution in [0.3, 0.4) is 0 Å². The molecule has 23 heavy (non-hydrogen) atoms. The highest BCUT2D eigenvalue weighted by molar-refractivity contribution is 8.00. The van der Waals surface area contributed by atoms with Crippen molar-refractivity contribution in [1.82, 2.24) is 0 Å². The normalized spacial score (nSPS) is 18.5. The van der Waals surface area contributed by atoms with E-state index in [-0.39, 0.29) is 17.2 Å². The lowest BCUT2D eigenvalue weighted by Gasteiger charge is -2.26. The Kier molecular flexibility index (Phi) is 4.10. The molecule has 3 rings (SSSR count). The average Bonchev–Trinajstić information content (AvgIpc) is 2.88. The van der Waals surface area contributed by atoms with Crippen LogP contribution < -0.4 is 4.90 Å². The summed E-state index contributed by atoms with van der Waals surface area (Å²) in [7, 11) is 0. The topological polar surface area (TPSA) is 20.3 Å². The smallest absolute Gasteiger partial charge is 0.295 e. The number of thioether (sulfide) groups is 1. The number of alkyl halides is 3. The van der Waals surface area contributed by atoms with Gasteiger partial charge in [0.1, 0.15) is 5.37 Å². The first kappa shape index (κ1) is 15.9. The second-order valence-electron chi connectivity index (χ2n) is 5.35. The number of hydrogen-bond donors (Lipinski definition) is 0. The number of aryl methyl sites for hydroxylation is 1. The Morgan fingerprint density at radius 2 is 1.87 bits per heavy atom. The number of hydrogen-bond acceptors (Lipinski definition) is 2. The van der Waals surface area contributed by atoms with Gasteiger partial charge in [0, 0.05) is 5.69 Å². The van der Waals surface area contributed by atoms with E-state index < -0.39 is 17.1 Å². The van der Waals surface area contributed by atoms with E-state index >= 15 is 0 Å². The Morgan fingerprint density at radius 1 is 1.13 bits per heavy atom. The van der Waals surface area contributed by atoms with E-state index in [1.807, 2.05) is 19.1 Å². The van der Waals surface area contributed by atoms with E-state index in [2.05, 4.69) is 0 Å². The number of carbonyl (C=O) groups excluding carboxylic acids is 1. The van der Waals surface area contributed by atoms with Crippen molar-refractivity contribution in [3.8, 4) is 0 Å². The predicted octanol–water partition coefficient (Wildman–Crippen LogP) is 4.79. The molecule has 1 aliphatic heterocycles. The zero-order valence-corrected chi connectivity index (χ0v) is 13.1. The van der Waals surface area contributed by atoms with E-state index in [0.29, 0.717) is 5.69 Å². The molecule has 1 heterocycles. The molecule has 0 spiro atoms. The summed E-state index contributed by atoms with van der Waals surface area (Å²) in [6.07, 6.45) is -4.44. The van der Waals surface area contributed by atoms with Gasteiger partial charge in [-0.1, -0.05) is 30.3 Å². The zero-order chi connectivity index (χ0) is 16.6. The molecule has 0 N–H and O–H groups in total. The van der Waals surface area contributed by atoms with Crippen LogP contribution in [0, 0.1) is 6.92 Å². The summed E-state index contributed by atoms with van der Waals surface area (Å²) in [5.41, 5.74) is 1.01. The summed E-state index contributed by atoms with van der Waals surface area (Å²) in [5, 5.41) is -0.665. The first-order chi connectivity index (χ1) is 10.9. The molecule has 1 fully saturated rings. The minimum absolute atomic E-state index is 0.123. The number of anilines is 1. The van der Waals surface area contributed by atoms with Gasteiger partial charge in [0.15, 0.2) is 0 Å². The standard InChI is InChI=1S/C17H14F3NOS/c1-11-5-4-6-12(9-11)21-15(22)10-23-16(21)13-7-2-3-8-14(13)17(18,19)20/h2-9,16H,10H2,1H3/t16-/m0/s1. The number of benzene rings is 2. The molecule has 0 saturated carbocycles. The van der Waals surface area contributed by atoms with Gasteiger partial charge < -0.3 is 0 Å². The van der Waals surface area contributed by atoms with Crippen molar-refractivity contribution in [3.63, 3.8) is 0 Å². The molecule has 0 unspecified atom stereocenters. The molecular formula is C17H14F3NOS. The van der Waals surface area contributed by atoms with Crippen molar-refractivity contribution in [2.45, 2.75) is 18.5 Å². The summed E-state index contributed by atoms with van der Waals surface area (Å²) in [6, 6.07) is 12.7. The van der Waals surface area contributed by atoms with Gasteiger partial charge in [-0.05, 0) is 36.2 Å². The van der Waals surface area contributed by atoms with E-state index in [4.69, 9.17) is 0 Å². The van der Waals surface area contributed by atoms with Gasteiger partial charge in [0.05, 0.1) is 11.3 Å². The fourth-order valence-electron chi connectivity index (χ4n) is 2.68. The van der Waals surface area contributed by atoms with Gasteiger partial charge in [-0.25, -0.2) is 0 Å². The number of nitrogens with zero attached hydrogens (tertiary/aromatic N) is 1. The van der Waals surface area contributed by atoms with Crippen molar-refractivity contribution in [3.05, 3.63) is 65.2 Å². The van der Waals surface area contributed by atoms with Crippen molar-refractivity contribution in [2.24, 2.45) is 0 Å². The third-order valence-electron chi connectivity index (χ3n) is 3.68. The summed E-state index contributed by atoms with van der Waals surface area (Å²) >= 11 is 1.22. The highest BCUT2D eigenvalue weighted by atomic mass is 32.2. The Morgan fingerprint density at radius 3 is 2.57 bits per heavy atom. The number of rotatable bonds is 2. The second kappa shape index (κ2) is 5.92. The van der Waals surface area contributed by atoms with Crippen LogP contribution in [-0.4, -0.2) is 11.7 Å². The van der Waals surface area contributed by atoms with Crippen molar-refractivity contribution >= 4 is 23.4 Å². The minimum Gasteiger partial charge on any atom is -0.295 e. The maximum atomic E-state index is 13.3. The van der Waals surface area contributed by atoms with Crippen molar-refractivity contribution < 1.29 is 18.0 Å². The molecule has 120 valence electrons. The molecule has 1 atom stereocenters. The molecule has 2 aromatic carbocycles. The number of amides is 1. The van der Waals surface area contributed by atoms with Crippen molar-refractivity contribution in [2.75, 3.05) is 10.7 Å². The Labute approximate surface area is 136 Å². The van der Waals surface area contributed by atoms with Crippen LogP contribution in [0.4, 0.5) is 18.9 Å². The Balaban J connectivity index is 2.08. The second-order valence-corrected chi connectivity index (χ2v) is 6.42. The summed E-state index contributed by atoms with van der Waals surface area (Å²) in [6.45, 7) is 1.88. The molecule has 0 aromatic heterocycles. The van der Waals surface area contributed by atoms with Crippen LogP contribution in [-0.2, 0) is 11.0 Å². The molecule has 0 aliphatic carbocycles. The van der Waals surface area contributed by atoms with Gasteiger partial charge in [-0.2, -0.15) is 13.2 Å². The molecule has 1 saturated heterocycles. The third kappa shape index (κ3) is 3.08. The van der Waals surface area contributed by atoms with E-state index in [1.54, 1.807) is 18.2 Å². The molecule has 0 radical (unpaired) electrons. The fraction of sp³-hybridized carbons (Fsp3) is 0.235. The maximum Gasteiger partial charge on any atom is 0.416 e. The summed E-state index contributed by atoms with van der Waals surface area (Å²) in [5.74, 6) is -0.00674. The lowest BCUT2D eigenvalue weighted by Crippen LogP contribution is -2.29. The first-order valence-corrected chi connectivity index (χ1v) is 8.09. The van der Waals surface area contributed by atoms with E-state index in [1.165, 1.54) is 28.8 Å². The maximum absolute atomic E-state index is 13.3. The van der Waals surface area contributed by atoms with Gasteiger partial charge >= 0.3 is 6.18 Å². The summed E-state index contributed by atoms with van der Waals surface area (Å²) < 4.78 is 39.8. The van der Waals surface area contributed by atoms with Gasteiger partial charge in [-0.3, -0.25) is 9.69 Å². The van der Waals surface area contributed by atoms with Crippen LogP contribution in [0.1, 0.15) is 22.1 Å². The van der Waals surface area contributed by atoms with Crippen LogP contribution >= 0.6 is 11.8 Å². The van der Waals surface area contributed by atoms with Gasteiger partial charge in [0.2, 0.25) is 5.91 Å². The predicted molar refractivity (Wildman–Crippen MR) is 85.3 cm³/mol. The molecule has 6 heteroatoms. The minimum atomic E-state index is -4.44. The lowest BCUT2D eigenvalue weighted by molar-refractivity contribution is -0.138. The fourth-order valence-corrected chi connectivity index (χ4v) is 3.89. The highest BCUT2D eigenvalue weighted by Gasteiger charge is 2.40. The largest absolute Gasteiger partial charge is 0.416 e.